The SMILES string of the molecule is CC(C)c1cc(Br)ccc1Oc1ccc(Cl)cc1C(=O)O. The number of carboxylic acids is 1. The smallest absolute Gasteiger partial charge is 0.339 e. The molecule has 0 heterocycles. The molecule has 0 spiro atoms. The number of benzene rings is 2. The molecule has 0 saturated carbocycles. The topological polar surface area (TPSA) is 46.5 Å². The van der Waals surface area contributed by atoms with E-state index in [0.29, 0.717) is 10.8 Å². The standard InChI is InChI=1S/C16H14BrClO3/c1-9(2)12-7-10(17)3-5-14(12)21-15-6-4-11(18)8-13(15)16(19)20/h3-9H,1-2H3,(H,19,20). The highest BCUT2D eigenvalue weighted by Gasteiger charge is 2.15. The Labute approximate surface area is 136 Å². The number of carboxylic acid groups (broad SMARTS) is 1. The van der Waals surface area contributed by atoms with Crippen LogP contribution in [0.3, 0.4) is 0 Å². The van der Waals surface area contributed by atoms with Crippen LogP contribution >= 0.6 is 27.5 Å². The molecular formula is C16H14BrClO3. The molecule has 0 atom stereocenters. The molecule has 0 fully saturated rings. The molecule has 0 aliphatic heterocycles. The molecular weight excluding hydrogens is 356 g/mol. The van der Waals surface area contributed by atoms with Gasteiger partial charge in [-0.25, -0.2) is 4.79 Å². The summed E-state index contributed by atoms with van der Waals surface area (Å²) in [5, 5.41) is 9.61. The normalized spacial score (nSPS) is 10.7. The van der Waals surface area contributed by atoms with Crippen LogP contribution in [0.15, 0.2) is 40.9 Å². The fraction of sp³-hybridized carbons (Fsp3) is 0.188. The third kappa shape index (κ3) is 3.77. The van der Waals surface area contributed by atoms with E-state index in [2.05, 4.69) is 29.8 Å². The van der Waals surface area contributed by atoms with Gasteiger partial charge in [0, 0.05) is 9.50 Å². The van der Waals surface area contributed by atoms with Crippen molar-refractivity contribution in [1.29, 1.82) is 0 Å². The van der Waals surface area contributed by atoms with Gasteiger partial charge in [-0.05, 0) is 47.9 Å². The molecule has 0 aliphatic rings. The van der Waals surface area contributed by atoms with E-state index < -0.39 is 5.97 Å². The van der Waals surface area contributed by atoms with E-state index in [0.717, 1.165) is 10.0 Å². The molecule has 2 aromatic carbocycles. The number of hydrogen-bond donors (Lipinski definition) is 1. The Bertz CT molecular complexity index is 683. The third-order valence-corrected chi connectivity index (χ3v) is 3.71. The molecule has 0 saturated heterocycles. The van der Waals surface area contributed by atoms with Gasteiger partial charge in [-0.1, -0.05) is 41.4 Å². The first kappa shape index (κ1) is 15.9. The Hall–Kier alpha value is -1.52. The highest BCUT2D eigenvalue weighted by molar-refractivity contribution is 9.10. The fourth-order valence-corrected chi connectivity index (χ4v) is 2.49. The molecule has 2 rings (SSSR count). The van der Waals surface area contributed by atoms with Crippen LogP contribution in [0.5, 0.6) is 11.5 Å². The Balaban J connectivity index is 2.46. The Morgan fingerprint density at radius 2 is 1.86 bits per heavy atom. The lowest BCUT2D eigenvalue weighted by Gasteiger charge is -2.15. The van der Waals surface area contributed by atoms with Crippen molar-refractivity contribution in [1.82, 2.24) is 0 Å². The zero-order chi connectivity index (χ0) is 15.6. The van der Waals surface area contributed by atoms with Gasteiger partial charge in [-0.15, -0.1) is 0 Å². The highest BCUT2D eigenvalue weighted by Crippen LogP contribution is 2.34. The second-order valence-electron chi connectivity index (χ2n) is 4.88. The van der Waals surface area contributed by atoms with Crippen molar-refractivity contribution in [2.45, 2.75) is 19.8 Å². The number of aromatic carboxylic acids is 1. The summed E-state index contributed by atoms with van der Waals surface area (Å²) in [5.74, 6) is 0.0860. The number of ether oxygens (including phenoxy) is 1. The van der Waals surface area contributed by atoms with Gasteiger partial charge in [0.2, 0.25) is 0 Å². The maximum Gasteiger partial charge on any atom is 0.339 e. The van der Waals surface area contributed by atoms with E-state index in [9.17, 15) is 9.90 Å². The minimum absolute atomic E-state index is 0.0418. The van der Waals surface area contributed by atoms with E-state index in [-0.39, 0.29) is 17.2 Å². The number of carbonyl (C=O) groups is 1. The number of hydrogen-bond acceptors (Lipinski definition) is 2. The van der Waals surface area contributed by atoms with E-state index >= 15 is 0 Å². The predicted octanol–water partition coefficient (Wildman–Crippen LogP) is 5.72. The molecule has 21 heavy (non-hydrogen) atoms. The highest BCUT2D eigenvalue weighted by atomic mass is 79.9. The van der Waals surface area contributed by atoms with Crippen LogP contribution in [0, 0.1) is 0 Å². The summed E-state index contributed by atoms with van der Waals surface area (Å²) in [4.78, 5) is 11.3. The average Bonchev–Trinajstić information content (AvgIpc) is 2.42. The van der Waals surface area contributed by atoms with E-state index in [4.69, 9.17) is 16.3 Å². The first-order valence-corrected chi connectivity index (χ1v) is 7.55. The van der Waals surface area contributed by atoms with Gasteiger partial charge in [0.05, 0.1) is 0 Å². The van der Waals surface area contributed by atoms with Gasteiger partial charge < -0.3 is 9.84 Å². The Morgan fingerprint density at radius 3 is 2.48 bits per heavy atom. The lowest BCUT2D eigenvalue weighted by Crippen LogP contribution is -2.01. The van der Waals surface area contributed by atoms with Crippen molar-refractivity contribution in [3.8, 4) is 11.5 Å². The summed E-state index contributed by atoms with van der Waals surface area (Å²) in [6.07, 6.45) is 0. The van der Waals surface area contributed by atoms with Crippen LogP contribution in [0.2, 0.25) is 5.02 Å². The van der Waals surface area contributed by atoms with Crippen LogP contribution < -0.4 is 4.74 Å². The Morgan fingerprint density at radius 1 is 1.19 bits per heavy atom. The maximum atomic E-state index is 11.3. The van der Waals surface area contributed by atoms with Crippen LogP contribution in [0.25, 0.3) is 0 Å². The summed E-state index contributed by atoms with van der Waals surface area (Å²) in [6.45, 7) is 4.10. The lowest BCUT2D eigenvalue weighted by atomic mass is 10.0. The minimum Gasteiger partial charge on any atom is -0.478 e. The molecule has 5 heteroatoms. The summed E-state index contributed by atoms with van der Waals surface area (Å²) >= 11 is 9.27. The van der Waals surface area contributed by atoms with Gasteiger partial charge in [0.25, 0.3) is 0 Å². The van der Waals surface area contributed by atoms with Crippen LogP contribution in [-0.4, -0.2) is 11.1 Å². The van der Waals surface area contributed by atoms with Crippen molar-refractivity contribution >= 4 is 33.5 Å². The van der Waals surface area contributed by atoms with Gasteiger partial charge in [-0.2, -0.15) is 0 Å². The minimum atomic E-state index is -1.07. The summed E-state index contributed by atoms with van der Waals surface area (Å²) in [6, 6.07) is 10.2. The largest absolute Gasteiger partial charge is 0.478 e. The third-order valence-electron chi connectivity index (χ3n) is 2.99. The lowest BCUT2D eigenvalue weighted by molar-refractivity contribution is 0.0694. The van der Waals surface area contributed by atoms with Crippen LogP contribution in [0.4, 0.5) is 0 Å². The second-order valence-corrected chi connectivity index (χ2v) is 6.24. The van der Waals surface area contributed by atoms with Gasteiger partial charge in [0.15, 0.2) is 0 Å². The van der Waals surface area contributed by atoms with Crippen LogP contribution in [0.1, 0.15) is 35.7 Å². The second kappa shape index (κ2) is 6.50. The zero-order valence-electron chi connectivity index (χ0n) is 11.6. The Kier molecular flexibility index (Phi) is 4.91. The van der Waals surface area contributed by atoms with Gasteiger partial charge >= 0.3 is 5.97 Å². The average molecular weight is 370 g/mol. The molecule has 0 aromatic heterocycles. The fourth-order valence-electron chi connectivity index (χ4n) is 1.94. The van der Waals surface area contributed by atoms with Crippen molar-refractivity contribution < 1.29 is 14.6 Å². The quantitative estimate of drug-likeness (QED) is 0.750. The van der Waals surface area contributed by atoms with E-state index in [1.807, 2.05) is 18.2 Å². The molecule has 110 valence electrons. The molecule has 0 unspecified atom stereocenters. The van der Waals surface area contributed by atoms with Gasteiger partial charge in [0.1, 0.15) is 17.1 Å². The van der Waals surface area contributed by atoms with Crippen molar-refractivity contribution in [3.63, 3.8) is 0 Å². The first-order chi connectivity index (χ1) is 9.88. The van der Waals surface area contributed by atoms with Crippen LogP contribution in [-0.2, 0) is 0 Å². The van der Waals surface area contributed by atoms with Crippen molar-refractivity contribution in [3.05, 3.63) is 57.0 Å². The first-order valence-electron chi connectivity index (χ1n) is 6.38. The van der Waals surface area contributed by atoms with E-state index in [1.54, 1.807) is 12.1 Å². The van der Waals surface area contributed by atoms with Crippen molar-refractivity contribution in [2.24, 2.45) is 0 Å². The molecule has 2 aromatic rings. The summed E-state index contributed by atoms with van der Waals surface area (Å²) in [7, 11) is 0. The number of halogens is 2. The number of rotatable bonds is 4. The van der Waals surface area contributed by atoms with E-state index in [1.165, 1.54) is 6.07 Å². The maximum absolute atomic E-state index is 11.3. The monoisotopic (exact) mass is 368 g/mol. The molecule has 0 radical (unpaired) electrons. The molecule has 0 amide bonds. The molecule has 0 bridgehead atoms. The summed E-state index contributed by atoms with van der Waals surface area (Å²) in [5.41, 5.74) is 1.04. The zero-order valence-corrected chi connectivity index (χ0v) is 13.9. The summed E-state index contributed by atoms with van der Waals surface area (Å²) < 4.78 is 6.76. The van der Waals surface area contributed by atoms with Crippen molar-refractivity contribution in [2.75, 3.05) is 0 Å². The predicted molar refractivity (Wildman–Crippen MR) is 86.7 cm³/mol. The molecule has 3 nitrogen and oxygen atoms in total. The molecule has 1 N–H and O–H groups in total. The molecule has 0 aliphatic carbocycles. The van der Waals surface area contributed by atoms with Gasteiger partial charge in [-0.3, -0.25) is 0 Å².